The molecule has 1 saturated heterocycles. The van der Waals surface area contributed by atoms with Crippen LogP contribution in [0.3, 0.4) is 0 Å². The van der Waals surface area contributed by atoms with Crippen LogP contribution in [0.15, 0.2) is 18.3 Å². The minimum Gasteiger partial charge on any atom is -0.367 e. The average molecular weight is 250 g/mol. The molecule has 6 heteroatoms. The van der Waals surface area contributed by atoms with Gasteiger partial charge >= 0.3 is 0 Å². The Balaban J connectivity index is 1.99. The van der Waals surface area contributed by atoms with Gasteiger partial charge in [0.2, 0.25) is 0 Å². The summed E-state index contributed by atoms with van der Waals surface area (Å²) in [5, 5.41) is 17.3. The normalized spacial score (nSPS) is 21.3. The zero-order valence-electron chi connectivity index (χ0n) is 10.4. The molecule has 1 aliphatic heterocycles. The summed E-state index contributed by atoms with van der Waals surface area (Å²) >= 11 is 0. The molecule has 0 spiro atoms. The number of piperidine rings is 1. The van der Waals surface area contributed by atoms with Crippen molar-refractivity contribution in [3.05, 3.63) is 28.4 Å². The first kappa shape index (κ1) is 12.8. The minimum absolute atomic E-state index is 0.0708. The largest absolute Gasteiger partial charge is 0.367 e. The third kappa shape index (κ3) is 3.16. The van der Waals surface area contributed by atoms with E-state index in [0.717, 1.165) is 13.1 Å². The summed E-state index contributed by atoms with van der Waals surface area (Å²) in [6.45, 7) is 4.17. The summed E-state index contributed by atoms with van der Waals surface area (Å²) in [6.07, 6.45) is 3.82. The number of hydrogen-bond donors (Lipinski definition) is 2. The average Bonchev–Trinajstić information content (AvgIpc) is 2.40. The van der Waals surface area contributed by atoms with E-state index in [4.69, 9.17) is 0 Å². The first-order valence-electron chi connectivity index (χ1n) is 6.24. The summed E-state index contributed by atoms with van der Waals surface area (Å²) in [4.78, 5) is 14.4. The van der Waals surface area contributed by atoms with Gasteiger partial charge in [-0.1, -0.05) is 0 Å². The van der Waals surface area contributed by atoms with Crippen LogP contribution in [0.4, 0.5) is 11.5 Å². The fourth-order valence-electron chi connectivity index (χ4n) is 2.27. The van der Waals surface area contributed by atoms with Crippen LogP contribution < -0.4 is 10.6 Å². The van der Waals surface area contributed by atoms with Gasteiger partial charge in [-0.25, -0.2) is 4.98 Å². The number of nitro groups is 1. The zero-order valence-corrected chi connectivity index (χ0v) is 10.4. The lowest BCUT2D eigenvalue weighted by molar-refractivity contribution is -0.384. The van der Waals surface area contributed by atoms with Gasteiger partial charge in [0, 0.05) is 18.3 Å². The molecule has 0 saturated carbocycles. The fourth-order valence-corrected chi connectivity index (χ4v) is 2.27. The van der Waals surface area contributed by atoms with E-state index in [1.807, 2.05) is 0 Å². The third-order valence-corrected chi connectivity index (χ3v) is 3.37. The predicted octanol–water partition coefficient (Wildman–Crippen LogP) is 1.79. The molecular formula is C12H18N4O2. The number of hydrogen-bond acceptors (Lipinski definition) is 5. The Hall–Kier alpha value is -1.69. The summed E-state index contributed by atoms with van der Waals surface area (Å²) in [7, 11) is 0. The van der Waals surface area contributed by atoms with Crippen LogP contribution in [0.1, 0.15) is 19.8 Å². The van der Waals surface area contributed by atoms with Gasteiger partial charge in [0.25, 0.3) is 5.69 Å². The molecular weight excluding hydrogens is 232 g/mol. The van der Waals surface area contributed by atoms with E-state index in [1.165, 1.54) is 31.2 Å². The highest BCUT2D eigenvalue weighted by Gasteiger charge is 2.20. The predicted molar refractivity (Wildman–Crippen MR) is 69.6 cm³/mol. The van der Waals surface area contributed by atoms with Crippen LogP contribution in [0.2, 0.25) is 0 Å². The molecule has 1 aromatic rings. The van der Waals surface area contributed by atoms with Gasteiger partial charge in [0.05, 0.1) is 11.0 Å². The quantitative estimate of drug-likeness (QED) is 0.629. The van der Waals surface area contributed by atoms with Crippen molar-refractivity contribution in [3.63, 3.8) is 0 Å². The lowest BCUT2D eigenvalue weighted by Crippen LogP contribution is -2.38. The second-order valence-electron chi connectivity index (χ2n) is 4.70. The molecule has 6 nitrogen and oxygen atoms in total. The van der Waals surface area contributed by atoms with Gasteiger partial charge in [0.1, 0.15) is 5.82 Å². The minimum atomic E-state index is -0.403. The maximum absolute atomic E-state index is 10.7. The van der Waals surface area contributed by atoms with Gasteiger partial charge in [-0.15, -0.1) is 0 Å². The molecule has 0 aromatic carbocycles. The summed E-state index contributed by atoms with van der Waals surface area (Å²) in [5.74, 6) is 1.11. The first-order valence-corrected chi connectivity index (χ1v) is 6.24. The van der Waals surface area contributed by atoms with Crippen LogP contribution in [-0.2, 0) is 0 Å². The van der Waals surface area contributed by atoms with Crippen LogP contribution in [0.5, 0.6) is 0 Å². The number of nitrogens with one attached hydrogen (secondary N) is 2. The maximum Gasteiger partial charge on any atom is 0.274 e. The summed E-state index contributed by atoms with van der Waals surface area (Å²) in [5.41, 5.74) is 0.0708. The molecule has 2 atom stereocenters. The van der Waals surface area contributed by atoms with Crippen molar-refractivity contribution in [2.45, 2.75) is 25.8 Å². The Bertz CT molecular complexity index is 418. The van der Waals surface area contributed by atoms with E-state index in [2.05, 4.69) is 22.5 Å². The van der Waals surface area contributed by atoms with Crippen molar-refractivity contribution in [1.29, 1.82) is 0 Å². The number of aromatic nitrogens is 1. The molecule has 18 heavy (non-hydrogen) atoms. The fraction of sp³-hybridized carbons (Fsp3) is 0.583. The van der Waals surface area contributed by atoms with Crippen LogP contribution in [-0.4, -0.2) is 29.0 Å². The van der Waals surface area contributed by atoms with Crippen molar-refractivity contribution < 1.29 is 4.92 Å². The standard InChI is InChI=1S/C12H18N4O2/c1-9(10-3-2-5-13-8-10)15-12-7-11(16(17)18)4-6-14-12/h4,6-7,9-10,13H,2-3,5,8H2,1H3,(H,14,15). The molecule has 1 aliphatic rings. The molecule has 2 heterocycles. The van der Waals surface area contributed by atoms with Crippen LogP contribution in [0.25, 0.3) is 0 Å². The molecule has 0 bridgehead atoms. The summed E-state index contributed by atoms with van der Waals surface area (Å²) in [6, 6.07) is 3.14. The van der Waals surface area contributed by atoms with Gasteiger partial charge in [-0.3, -0.25) is 10.1 Å². The molecule has 2 unspecified atom stereocenters. The SMILES string of the molecule is CC(Nc1cc([N+](=O)[O-])ccn1)C1CCCNC1. The molecule has 1 fully saturated rings. The van der Waals surface area contributed by atoms with Crippen molar-refractivity contribution >= 4 is 11.5 Å². The van der Waals surface area contributed by atoms with E-state index in [9.17, 15) is 10.1 Å². The topological polar surface area (TPSA) is 80.1 Å². The van der Waals surface area contributed by atoms with Crippen molar-refractivity contribution in [2.75, 3.05) is 18.4 Å². The van der Waals surface area contributed by atoms with Gasteiger partial charge in [-0.05, 0) is 38.8 Å². The smallest absolute Gasteiger partial charge is 0.274 e. The Labute approximate surface area is 106 Å². The Morgan fingerprint density at radius 3 is 3.17 bits per heavy atom. The third-order valence-electron chi connectivity index (χ3n) is 3.37. The second kappa shape index (κ2) is 5.77. The van der Waals surface area contributed by atoms with Crippen molar-refractivity contribution in [2.24, 2.45) is 5.92 Å². The van der Waals surface area contributed by atoms with Gasteiger partial charge < -0.3 is 10.6 Å². The zero-order chi connectivity index (χ0) is 13.0. The number of rotatable bonds is 4. The molecule has 1 aromatic heterocycles. The van der Waals surface area contributed by atoms with E-state index in [1.54, 1.807) is 0 Å². The highest BCUT2D eigenvalue weighted by atomic mass is 16.6. The van der Waals surface area contributed by atoms with E-state index >= 15 is 0 Å². The molecule has 98 valence electrons. The Kier molecular flexibility index (Phi) is 4.09. The highest BCUT2D eigenvalue weighted by Crippen LogP contribution is 2.20. The lowest BCUT2D eigenvalue weighted by Gasteiger charge is -2.29. The van der Waals surface area contributed by atoms with Gasteiger partial charge in [-0.2, -0.15) is 0 Å². The Morgan fingerprint density at radius 2 is 2.50 bits per heavy atom. The van der Waals surface area contributed by atoms with Gasteiger partial charge in [0.15, 0.2) is 0 Å². The second-order valence-corrected chi connectivity index (χ2v) is 4.70. The van der Waals surface area contributed by atoms with Crippen LogP contribution in [0, 0.1) is 16.0 Å². The molecule has 2 N–H and O–H groups in total. The van der Waals surface area contributed by atoms with E-state index in [-0.39, 0.29) is 11.7 Å². The maximum atomic E-state index is 10.7. The first-order chi connectivity index (χ1) is 8.66. The molecule has 2 rings (SSSR count). The highest BCUT2D eigenvalue weighted by molar-refractivity contribution is 5.44. The number of pyridine rings is 1. The summed E-state index contributed by atoms with van der Waals surface area (Å²) < 4.78 is 0. The monoisotopic (exact) mass is 250 g/mol. The molecule has 0 amide bonds. The van der Waals surface area contributed by atoms with Crippen LogP contribution >= 0.6 is 0 Å². The lowest BCUT2D eigenvalue weighted by atomic mass is 9.93. The Morgan fingerprint density at radius 1 is 1.67 bits per heavy atom. The molecule has 0 radical (unpaired) electrons. The van der Waals surface area contributed by atoms with Crippen molar-refractivity contribution in [3.8, 4) is 0 Å². The van der Waals surface area contributed by atoms with E-state index < -0.39 is 4.92 Å². The number of anilines is 1. The molecule has 0 aliphatic carbocycles. The van der Waals surface area contributed by atoms with E-state index in [0.29, 0.717) is 11.7 Å². The number of nitrogens with zero attached hydrogens (tertiary/aromatic N) is 2. The van der Waals surface area contributed by atoms with Crippen molar-refractivity contribution in [1.82, 2.24) is 10.3 Å².